The maximum absolute atomic E-state index is 12.7. The van der Waals surface area contributed by atoms with E-state index in [1.165, 1.54) is 0 Å². The zero-order chi connectivity index (χ0) is 23.4. The monoisotopic (exact) mass is 458 g/mol. The van der Waals surface area contributed by atoms with Crippen LogP contribution in [-0.4, -0.2) is 18.4 Å². The van der Waals surface area contributed by atoms with E-state index in [1.807, 2.05) is 74.5 Å². The molecule has 0 unspecified atom stereocenters. The Labute approximate surface area is 197 Å². The molecule has 4 aromatic carbocycles. The first kappa shape index (κ1) is 22.4. The number of carbonyl (C=O) groups excluding carboxylic acids is 2. The van der Waals surface area contributed by atoms with Crippen molar-refractivity contribution in [2.24, 2.45) is 0 Å². The average Bonchev–Trinajstić information content (AvgIpc) is 2.78. The number of carbonyl (C=O) groups is 2. The normalized spacial score (nSPS) is 10.6. The maximum atomic E-state index is 12.7. The number of benzene rings is 4. The molecular weight excluding hydrogens is 436 g/mol. The summed E-state index contributed by atoms with van der Waals surface area (Å²) in [5.41, 5.74) is 3.55. The summed E-state index contributed by atoms with van der Waals surface area (Å²) in [6.07, 6.45) is 0. The molecule has 166 valence electrons. The Morgan fingerprint density at radius 3 is 2.30 bits per heavy atom. The van der Waals surface area contributed by atoms with Crippen molar-refractivity contribution in [1.29, 1.82) is 0 Å². The van der Waals surface area contributed by atoms with Crippen molar-refractivity contribution in [2.75, 3.05) is 17.2 Å². The van der Waals surface area contributed by atoms with E-state index < -0.39 is 0 Å². The molecule has 4 rings (SSSR count). The summed E-state index contributed by atoms with van der Waals surface area (Å²) in [7, 11) is 0. The third-order valence-electron chi connectivity index (χ3n) is 5.07. The fraction of sp³-hybridized carbons (Fsp3) is 0.111. The number of rotatable bonds is 6. The van der Waals surface area contributed by atoms with E-state index in [2.05, 4.69) is 10.6 Å². The Hall–Kier alpha value is -3.83. The molecule has 33 heavy (non-hydrogen) atoms. The Balaban J connectivity index is 1.41. The first-order valence-corrected chi connectivity index (χ1v) is 10.9. The van der Waals surface area contributed by atoms with E-state index in [0.717, 1.165) is 21.9 Å². The van der Waals surface area contributed by atoms with Gasteiger partial charge in [0.2, 0.25) is 0 Å². The Morgan fingerprint density at radius 2 is 1.55 bits per heavy atom. The van der Waals surface area contributed by atoms with Gasteiger partial charge in [0.05, 0.1) is 10.7 Å². The van der Waals surface area contributed by atoms with Crippen LogP contribution in [0.3, 0.4) is 0 Å². The third kappa shape index (κ3) is 5.70. The van der Waals surface area contributed by atoms with Gasteiger partial charge in [-0.25, -0.2) is 0 Å². The number of nitrogens with one attached hydrogen (secondary N) is 2. The van der Waals surface area contributed by atoms with Crippen LogP contribution in [0.2, 0.25) is 5.02 Å². The smallest absolute Gasteiger partial charge is 0.262 e. The van der Waals surface area contributed by atoms with E-state index >= 15 is 0 Å². The zero-order valence-corrected chi connectivity index (χ0v) is 19.1. The first-order chi connectivity index (χ1) is 15.9. The SMILES string of the molecule is Cc1cc(C)cc(NC(=O)c2ccc(Cl)c(NC(=O)COc3ccc4ccccc4c3)c2)c1. The molecule has 4 aromatic rings. The maximum Gasteiger partial charge on any atom is 0.262 e. The largest absolute Gasteiger partial charge is 0.484 e. The minimum absolute atomic E-state index is 0.187. The quantitative estimate of drug-likeness (QED) is 0.352. The highest BCUT2D eigenvalue weighted by Crippen LogP contribution is 2.25. The highest BCUT2D eigenvalue weighted by Gasteiger charge is 2.12. The Bertz CT molecular complexity index is 1330. The molecule has 2 amide bonds. The molecule has 5 nitrogen and oxygen atoms in total. The van der Waals surface area contributed by atoms with Gasteiger partial charge in [-0.3, -0.25) is 9.59 Å². The van der Waals surface area contributed by atoms with Crippen molar-refractivity contribution in [3.63, 3.8) is 0 Å². The lowest BCUT2D eigenvalue weighted by Gasteiger charge is -2.12. The van der Waals surface area contributed by atoms with Gasteiger partial charge in [0.15, 0.2) is 6.61 Å². The highest BCUT2D eigenvalue weighted by molar-refractivity contribution is 6.34. The van der Waals surface area contributed by atoms with E-state index in [-0.39, 0.29) is 18.4 Å². The number of fused-ring (bicyclic) bond motifs is 1. The van der Waals surface area contributed by atoms with Crippen molar-refractivity contribution in [1.82, 2.24) is 0 Å². The van der Waals surface area contributed by atoms with Crippen molar-refractivity contribution < 1.29 is 14.3 Å². The van der Waals surface area contributed by atoms with Gasteiger partial charge in [-0.2, -0.15) is 0 Å². The molecule has 0 bridgehead atoms. The van der Waals surface area contributed by atoms with Gasteiger partial charge in [0.1, 0.15) is 5.75 Å². The molecule has 0 aliphatic carbocycles. The fourth-order valence-corrected chi connectivity index (χ4v) is 3.77. The molecule has 0 fully saturated rings. The van der Waals surface area contributed by atoms with Gasteiger partial charge in [-0.1, -0.05) is 48.0 Å². The molecular formula is C27H23ClN2O3. The fourth-order valence-electron chi connectivity index (χ4n) is 3.60. The number of anilines is 2. The summed E-state index contributed by atoms with van der Waals surface area (Å²) in [5, 5.41) is 8.05. The van der Waals surface area contributed by atoms with Gasteiger partial charge in [-0.05, 0) is 78.2 Å². The van der Waals surface area contributed by atoms with Crippen molar-refractivity contribution >= 4 is 45.6 Å². The van der Waals surface area contributed by atoms with Crippen molar-refractivity contribution in [3.05, 3.63) is 101 Å². The first-order valence-electron chi connectivity index (χ1n) is 10.5. The predicted molar refractivity (Wildman–Crippen MR) is 133 cm³/mol. The van der Waals surface area contributed by atoms with E-state index in [9.17, 15) is 9.59 Å². The molecule has 0 atom stereocenters. The van der Waals surface area contributed by atoms with Crippen LogP contribution in [0.15, 0.2) is 78.9 Å². The second kappa shape index (κ2) is 9.76. The summed E-state index contributed by atoms with van der Waals surface area (Å²) < 4.78 is 5.63. The van der Waals surface area contributed by atoms with Crippen LogP contribution in [0.4, 0.5) is 11.4 Å². The molecule has 0 aromatic heterocycles. The second-order valence-electron chi connectivity index (χ2n) is 7.87. The third-order valence-corrected chi connectivity index (χ3v) is 5.40. The zero-order valence-electron chi connectivity index (χ0n) is 18.3. The summed E-state index contributed by atoms with van der Waals surface area (Å²) in [5.74, 6) is -0.0759. The van der Waals surface area contributed by atoms with Crippen molar-refractivity contribution in [3.8, 4) is 5.75 Å². The van der Waals surface area contributed by atoms with E-state index in [0.29, 0.717) is 27.7 Å². The summed E-state index contributed by atoms with van der Waals surface area (Å²) in [4.78, 5) is 25.2. The molecule has 2 N–H and O–H groups in total. The van der Waals surface area contributed by atoms with Crippen LogP contribution >= 0.6 is 11.6 Å². The summed E-state index contributed by atoms with van der Waals surface area (Å²) in [6, 6.07) is 24.1. The predicted octanol–water partition coefficient (Wildman–Crippen LogP) is 6.38. The standard InChI is InChI=1S/C27H23ClN2O3/c1-17-11-18(2)13-22(12-17)29-27(32)21-8-10-24(28)25(15-21)30-26(31)16-33-23-9-7-19-5-3-4-6-20(19)14-23/h3-15H,16H2,1-2H3,(H,29,32)(H,30,31). The van der Waals surface area contributed by atoms with Gasteiger partial charge in [0, 0.05) is 11.3 Å². The van der Waals surface area contributed by atoms with Crippen LogP contribution < -0.4 is 15.4 Å². The number of amides is 2. The summed E-state index contributed by atoms with van der Waals surface area (Å²) in [6.45, 7) is 3.75. The Morgan fingerprint density at radius 1 is 0.818 bits per heavy atom. The van der Waals surface area contributed by atoms with Crippen LogP contribution in [0, 0.1) is 13.8 Å². The van der Waals surface area contributed by atoms with Crippen LogP contribution in [0.1, 0.15) is 21.5 Å². The lowest BCUT2D eigenvalue weighted by atomic mass is 10.1. The minimum atomic E-state index is -0.378. The minimum Gasteiger partial charge on any atom is -0.484 e. The number of hydrogen-bond donors (Lipinski definition) is 2. The van der Waals surface area contributed by atoms with E-state index in [4.69, 9.17) is 16.3 Å². The average molecular weight is 459 g/mol. The molecule has 0 spiro atoms. The number of hydrogen-bond acceptors (Lipinski definition) is 3. The molecule has 0 saturated heterocycles. The van der Waals surface area contributed by atoms with Crippen LogP contribution in [0.25, 0.3) is 10.8 Å². The topological polar surface area (TPSA) is 67.4 Å². The number of aryl methyl sites for hydroxylation is 2. The lowest BCUT2D eigenvalue weighted by Crippen LogP contribution is -2.21. The molecule has 0 heterocycles. The number of halogens is 1. The van der Waals surface area contributed by atoms with Gasteiger partial charge < -0.3 is 15.4 Å². The second-order valence-corrected chi connectivity index (χ2v) is 8.28. The molecule has 0 aliphatic heterocycles. The molecule has 0 saturated carbocycles. The van der Waals surface area contributed by atoms with Gasteiger partial charge in [0.25, 0.3) is 11.8 Å². The highest BCUT2D eigenvalue weighted by atomic mass is 35.5. The molecule has 6 heteroatoms. The van der Waals surface area contributed by atoms with Crippen molar-refractivity contribution in [2.45, 2.75) is 13.8 Å². The van der Waals surface area contributed by atoms with Crippen LogP contribution in [-0.2, 0) is 4.79 Å². The van der Waals surface area contributed by atoms with Gasteiger partial charge in [-0.15, -0.1) is 0 Å². The number of ether oxygens (including phenoxy) is 1. The van der Waals surface area contributed by atoms with E-state index in [1.54, 1.807) is 18.2 Å². The molecule has 0 aliphatic rings. The van der Waals surface area contributed by atoms with Crippen LogP contribution in [0.5, 0.6) is 5.75 Å². The molecule has 0 radical (unpaired) electrons. The summed E-state index contributed by atoms with van der Waals surface area (Å²) >= 11 is 6.24. The Kier molecular flexibility index (Phi) is 6.61. The van der Waals surface area contributed by atoms with Gasteiger partial charge >= 0.3 is 0 Å². The lowest BCUT2D eigenvalue weighted by molar-refractivity contribution is -0.118.